The average Bonchev–Trinajstić information content (AvgIpc) is 2.67. The molecule has 1 saturated heterocycles. The minimum atomic E-state index is -0.889. The Bertz CT molecular complexity index is 956. The van der Waals surface area contributed by atoms with Gasteiger partial charge in [-0.1, -0.05) is 0 Å². The van der Waals surface area contributed by atoms with Crippen LogP contribution in [-0.2, 0) is 14.2 Å². The van der Waals surface area contributed by atoms with Crippen molar-refractivity contribution >= 4 is 63.4 Å². The summed E-state index contributed by atoms with van der Waals surface area (Å²) in [5, 5.41) is 0. The molecule has 8 nitrogen and oxygen atoms in total. The first-order chi connectivity index (χ1) is 15.9. The summed E-state index contributed by atoms with van der Waals surface area (Å²) < 4.78 is 23.5. The van der Waals surface area contributed by atoms with Crippen molar-refractivity contribution in [1.82, 2.24) is 4.90 Å². The number of rotatable bonds is 4. The molecule has 1 aromatic carbocycles. The summed E-state index contributed by atoms with van der Waals surface area (Å²) in [5.41, 5.74) is -1.92. The summed E-state index contributed by atoms with van der Waals surface area (Å²) in [7, 11) is 0. The van der Waals surface area contributed by atoms with E-state index in [4.69, 9.17) is 18.9 Å². The van der Waals surface area contributed by atoms with Crippen LogP contribution in [0.2, 0.25) is 0 Å². The number of halogens is 2. The van der Waals surface area contributed by atoms with Crippen LogP contribution in [0.5, 0.6) is 5.75 Å². The number of nitrogens with zero attached hydrogens (tertiary/aromatic N) is 1. The van der Waals surface area contributed by atoms with Crippen molar-refractivity contribution in [3.63, 3.8) is 0 Å². The Labute approximate surface area is 235 Å². The summed E-state index contributed by atoms with van der Waals surface area (Å²) in [6.07, 6.45) is 0.123. The highest BCUT2D eigenvalue weighted by Crippen LogP contribution is 2.35. The number of amides is 1. The molecule has 0 spiro atoms. The van der Waals surface area contributed by atoms with E-state index in [1.54, 1.807) is 37.8 Å². The van der Waals surface area contributed by atoms with Gasteiger partial charge < -0.3 is 23.8 Å². The Morgan fingerprint density at radius 1 is 0.857 bits per heavy atom. The van der Waals surface area contributed by atoms with Gasteiger partial charge in [-0.25, -0.2) is 14.4 Å². The van der Waals surface area contributed by atoms with Gasteiger partial charge in [0.2, 0.25) is 0 Å². The zero-order valence-corrected chi connectivity index (χ0v) is 25.9. The van der Waals surface area contributed by atoms with E-state index in [2.05, 4.69) is 22.6 Å². The maximum absolute atomic E-state index is 13.3. The number of carbonyl (C=O) groups is 3. The van der Waals surface area contributed by atoms with E-state index in [-0.39, 0.29) is 23.3 Å². The number of carbonyl (C=O) groups excluding carboxylic acids is 3. The number of likely N-dealkylation sites (tertiary alicyclic amines) is 1. The molecular weight excluding hydrogens is 680 g/mol. The van der Waals surface area contributed by atoms with E-state index in [0.717, 1.165) is 3.57 Å². The molecule has 0 N–H and O–H groups in total. The van der Waals surface area contributed by atoms with Gasteiger partial charge in [-0.3, -0.25) is 0 Å². The third-order valence-electron chi connectivity index (χ3n) is 5.29. The van der Waals surface area contributed by atoms with Gasteiger partial charge in [0, 0.05) is 22.6 Å². The topological polar surface area (TPSA) is 91.4 Å². The van der Waals surface area contributed by atoms with Crippen LogP contribution in [0.4, 0.5) is 9.59 Å². The third-order valence-corrected chi connectivity index (χ3v) is 6.71. The normalized spacial score (nSPS) is 15.4. The van der Waals surface area contributed by atoms with Gasteiger partial charge >= 0.3 is 18.2 Å². The molecule has 1 amide bonds. The Morgan fingerprint density at radius 2 is 1.40 bits per heavy atom. The molecule has 0 aliphatic carbocycles. The van der Waals surface area contributed by atoms with Crippen LogP contribution in [0.3, 0.4) is 0 Å². The fourth-order valence-electron chi connectivity index (χ4n) is 3.63. The van der Waals surface area contributed by atoms with Crippen molar-refractivity contribution in [1.29, 1.82) is 0 Å². The molecule has 0 saturated carbocycles. The van der Waals surface area contributed by atoms with Crippen LogP contribution >= 0.6 is 45.2 Å². The molecule has 1 aromatic rings. The Hall–Kier alpha value is -1.31. The minimum absolute atomic E-state index is 0.0437. The number of hydrogen-bond donors (Lipinski definition) is 0. The molecule has 0 bridgehead atoms. The van der Waals surface area contributed by atoms with Crippen molar-refractivity contribution in [3.8, 4) is 5.75 Å². The van der Waals surface area contributed by atoms with Crippen LogP contribution < -0.4 is 4.74 Å². The first kappa shape index (κ1) is 29.9. The molecule has 35 heavy (non-hydrogen) atoms. The molecule has 1 aliphatic heterocycles. The standard InChI is InChI=1S/C25H35I2NO7/c1-23(2,3)34-21(30)28-11-9-15(10-12-28)25(7,8)33-20(29)17-13-16(26)14-18(27)19(17)32-22(31)35-24(4,5)6/h13-15H,9-12H2,1-8H3. The first-order valence-electron chi connectivity index (χ1n) is 11.5. The average molecular weight is 715 g/mol. The molecule has 196 valence electrons. The largest absolute Gasteiger partial charge is 0.514 e. The second-order valence-electron chi connectivity index (χ2n) is 11.1. The number of hydrogen-bond acceptors (Lipinski definition) is 7. The van der Waals surface area contributed by atoms with E-state index in [0.29, 0.717) is 29.5 Å². The second-order valence-corrected chi connectivity index (χ2v) is 13.5. The lowest BCUT2D eigenvalue weighted by Gasteiger charge is -2.40. The smallest absolute Gasteiger partial charge is 0.456 e. The third kappa shape index (κ3) is 9.25. The van der Waals surface area contributed by atoms with Gasteiger partial charge in [0.25, 0.3) is 0 Å². The van der Waals surface area contributed by atoms with Crippen molar-refractivity contribution in [2.75, 3.05) is 13.1 Å². The summed E-state index contributed by atoms with van der Waals surface area (Å²) >= 11 is 4.12. The lowest BCUT2D eigenvalue weighted by Crippen LogP contribution is -2.47. The Kier molecular flexibility index (Phi) is 9.73. The molecular formula is C25H35I2NO7. The van der Waals surface area contributed by atoms with Gasteiger partial charge in [-0.05, 0) is 126 Å². The Balaban J connectivity index is 2.13. The summed E-state index contributed by atoms with van der Waals surface area (Å²) in [4.78, 5) is 39.6. The molecule has 1 aliphatic rings. The molecule has 10 heteroatoms. The molecule has 0 atom stereocenters. The summed E-state index contributed by atoms with van der Waals surface area (Å²) in [5.74, 6) is -0.428. The van der Waals surface area contributed by atoms with Crippen molar-refractivity contribution in [3.05, 3.63) is 24.8 Å². The van der Waals surface area contributed by atoms with E-state index >= 15 is 0 Å². The Morgan fingerprint density at radius 3 is 1.91 bits per heavy atom. The summed E-state index contributed by atoms with van der Waals surface area (Å²) in [6, 6.07) is 3.43. The molecule has 1 fully saturated rings. The first-order valence-corrected chi connectivity index (χ1v) is 13.6. The van der Waals surface area contributed by atoms with Crippen LogP contribution in [0.25, 0.3) is 0 Å². The monoisotopic (exact) mass is 715 g/mol. The van der Waals surface area contributed by atoms with E-state index < -0.39 is 28.9 Å². The van der Waals surface area contributed by atoms with Crippen LogP contribution in [0.15, 0.2) is 12.1 Å². The molecule has 1 heterocycles. The fraction of sp³-hybridized carbons (Fsp3) is 0.640. The van der Waals surface area contributed by atoms with Gasteiger partial charge in [-0.2, -0.15) is 0 Å². The highest BCUT2D eigenvalue weighted by Gasteiger charge is 2.38. The fourth-order valence-corrected chi connectivity index (χ4v) is 5.59. The van der Waals surface area contributed by atoms with E-state index in [9.17, 15) is 14.4 Å². The quantitative estimate of drug-likeness (QED) is 0.147. The number of ether oxygens (including phenoxy) is 4. The molecule has 0 radical (unpaired) electrons. The predicted octanol–water partition coefficient (Wildman–Crippen LogP) is 6.79. The minimum Gasteiger partial charge on any atom is -0.456 e. The van der Waals surface area contributed by atoms with Crippen molar-refractivity contribution in [2.24, 2.45) is 5.92 Å². The number of benzene rings is 1. The van der Waals surface area contributed by atoms with Crippen molar-refractivity contribution < 1.29 is 33.3 Å². The molecule has 0 aromatic heterocycles. The number of piperidine rings is 1. The van der Waals surface area contributed by atoms with E-state index in [1.807, 2.05) is 57.2 Å². The van der Waals surface area contributed by atoms with E-state index in [1.165, 1.54) is 0 Å². The van der Waals surface area contributed by atoms with Crippen molar-refractivity contribution in [2.45, 2.75) is 85.0 Å². The highest BCUT2D eigenvalue weighted by molar-refractivity contribution is 14.1. The van der Waals surface area contributed by atoms with Crippen LogP contribution in [0, 0.1) is 13.1 Å². The van der Waals surface area contributed by atoms with Crippen LogP contribution in [0.1, 0.15) is 78.6 Å². The zero-order valence-electron chi connectivity index (χ0n) is 21.6. The van der Waals surface area contributed by atoms with Gasteiger partial charge in [-0.15, -0.1) is 0 Å². The SMILES string of the molecule is CC(C)(C)OC(=O)Oc1c(I)cc(I)cc1C(=O)OC(C)(C)C1CCN(C(=O)OC(C)(C)C)CC1. The van der Waals surface area contributed by atoms with Gasteiger partial charge in [0.05, 0.1) is 3.57 Å². The molecule has 2 rings (SSSR count). The number of esters is 1. The predicted molar refractivity (Wildman–Crippen MR) is 149 cm³/mol. The highest BCUT2D eigenvalue weighted by atomic mass is 127. The maximum atomic E-state index is 13.3. The lowest BCUT2D eigenvalue weighted by atomic mass is 9.83. The second kappa shape index (κ2) is 11.4. The molecule has 0 unspecified atom stereocenters. The van der Waals surface area contributed by atoms with Crippen LogP contribution in [-0.4, -0.2) is 53.0 Å². The zero-order chi connectivity index (χ0) is 26.8. The summed E-state index contributed by atoms with van der Waals surface area (Å²) in [6.45, 7) is 15.5. The van der Waals surface area contributed by atoms with Gasteiger partial charge in [0.15, 0.2) is 5.75 Å². The maximum Gasteiger partial charge on any atom is 0.514 e. The lowest BCUT2D eigenvalue weighted by molar-refractivity contribution is -0.0480. The van der Waals surface area contributed by atoms with Gasteiger partial charge in [0.1, 0.15) is 22.4 Å².